The van der Waals surface area contributed by atoms with Crippen molar-refractivity contribution >= 4 is 28.4 Å². The van der Waals surface area contributed by atoms with E-state index in [0.717, 1.165) is 62.3 Å². The molecule has 4 aromatic rings. The summed E-state index contributed by atoms with van der Waals surface area (Å²) in [6.07, 6.45) is 5.61. The van der Waals surface area contributed by atoms with Crippen LogP contribution < -0.4 is 11.1 Å². The lowest BCUT2D eigenvalue weighted by atomic mass is 10.1. The zero-order chi connectivity index (χ0) is 23.3. The highest BCUT2D eigenvalue weighted by Crippen LogP contribution is 2.24. The fourth-order valence-electron chi connectivity index (χ4n) is 4.32. The molecule has 1 aliphatic rings. The summed E-state index contributed by atoms with van der Waals surface area (Å²) in [4.78, 5) is 23.4. The van der Waals surface area contributed by atoms with Crippen LogP contribution in [0.2, 0.25) is 0 Å². The van der Waals surface area contributed by atoms with E-state index >= 15 is 0 Å². The van der Waals surface area contributed by atoms with E-state index in [1.165, 1.54) is 5.56 Å². The van der Waals surface area contributed by atoms with Crippen LogP contribution in [-0.4, -0.2) is 58.2 Å². The van der Waals surface area contributed by atoms with E-state index in [1.807, 2.05) is 28.8 Å². The molecule has 0 saturated carbocycles. The van der Waals surface area contributed by atoms with Gasteiger partial charge in [-0.1, -0.05) is 30.3 Å². The molecular weight excluding hydrogens is 428 g/mol. The number of para-hydroxylation sites is 1. The standard InChI is InChI=1S/C26H28N6O2/c27-25(33)22-18-32(23-6-2-1-5-21(22)23)24-11-12-28-26(30-24)29-20-9-7-19(8-10-20)4-3-13-31-14-16-34-17-15-31/h1-2,5-12,18H,3-4,13-17H2,(H2,27,33)(H,28,29,30). The van der Waals surface area contributed by atoms with Crippen LogP contribution in [0.25, 0.3) is 16.7 Å². The van der Waals surface area contributed by atoms with E-state index in [2.05, 4.69) is 44.5 Å². The summed E-state index contributed by atoms with van der Waals surface area (Å²) in [5.41, 5.74) is 9.14. The Bertz CT molecular complexity index is 1280. The van der Waals surface area contributed by atoms with E-state index in [1.54, 1.807) is 18.5 Å². The summed E-state index contributed by atoms with van der Waals surface area (Å²) >= 11 is 0. The van der Waals surface area contributed by atoms with E-state index in [-0.39, 0.29) is 0 Å². The van der Waals surface area contributed by atoms with Crippen LogP contribution in [-0.2, 0) is 11.2 Å². The van der Waals surface area contributed by atoms with Crippen LogP contribution in [0.3, 0.4) is 0 Å². The Morgan fingerprint density at radius 2 is 1.85 bits per heavy atom. The number of nitrogens with zero attached hydrogens (tertiary/aromatic N) is 4. The van der Waals surface area contributed by atoms with Crippen molar-refractivity contribution in [2.24, 2.45) is 5.73 Å². The minimum Gasteiger partial charge on any atom is -0.379 e. The van der Waals surface area contributed by atoms with E-state index in [4.69, 9.17) is 10.5 Å². The summed E-state index contributed by atoms with van der Waals surface area (Å²) < 4.78 is 7.27. The van der Waals surface area contributed by atoms with Crippen molar-refractivity contribution in [1.29, 1.82) is 0 Å². The molecule has 1 amide bonds. The van der Waals surface area contributed by atoms with Gasteiger partial charge in [-0.3, -0.25) is 9.69 Å². The third-order valence-corrected chi connectivity index (χ3v) is 6.12. The van der Waals surface area contributed by atoms with Gasteiger partial charge in [0.05, 0.1) is 24.3 Å². The number of rotatable bonds is 8. The van der Waals surface area contributed by atoms with Gasteiger partial charge < -0.3 is 20.4 Å². The van der Waals surface area contributed by atoms with Crippen LogP contribution >= 0.6 is 0 Å². The van der Waals surface area contributed by atoms with Crippen LogP contribution in [0, 0.1) is 0 Å². The first kappa shape index (κ1) is 22.1. The van der Waals surface area contributed by atoms with Crippen molar-refractivity contribution in [3.8, 4) is 5.82 Å². The number of nitrogens with one attached hydrogen (secondary N) is 1. The smallest absolute Gasteiger partial charge is 0.250 e. The predicted molar refractivity (Wildman–Crippen MR) is 133 cm³/mol. The van der Waals surface area contributed by atoms with Gasteiger partial charge in [0.1, 0.15) is 5.82 Å². The second-order valence-electron chi connectivity index (χ2n) is 8.41. The summed E-state index contributed by atoms with van der Waals surface area (Å²) in [5.74, 6) is 0.671. The van der Waals surface area contributed by atoms with Crippen molar-refractivity contribution < 1.29 is 9.53 Å². The number of aryl methyl sites for hydroxylation is 1. The highest BCUT2D eigenvalue weighted by Gasteiger charge is 2.14. The molecule has 3 heterocycles. The van der Waals surface area contributed by atoms with Gasteiger partial charge in [-0.15, -0.1) is 0 Å². The Morgan fingerprint density at radius 3 is 2.65 bits per heavy atom. The molecule has 174 valence electrons. The molecule has 34 heavy (non-hydrogen) atoms. The number of anilines is 2. The minimum atomic E-state index is -0.465. The highest BCUT2D eigenvalue weighted by atomic mass is 16.5. The number of nitrogens with two attached hydrogens (primary N) is 1. The number of morpholine rings is 1. The van der Waals surface area contributed by atoms with E-state index < -0.39 is 5.91 Å². The third-order valence-electron chi connectivity index (χ3n) is 6.12. The number of benzene rings is 2. The Kier molecular flexibility index (Phi) is 6.51. The molecule has 0 atom stereocenters. The van der Waals surface area contributed by atoms with Gasteiger partial charge in [0.15, 0.2) is 0 Å². The van der Waals surface area contributed by atoms with Gasteiger partial charge in [0.25, 0.3) is 5.91 Å². The Hall–Kier alpha value is -3.75. The number of carbonyl (C=O) groups excluding carboxylic acids is 1. The summed E-state index contributed by atoms with van der Waals surface area (Å²) in [6, 6.07) is 17.8. The van der Waals surface area contributed by atoms with Gasteiger partial charge in [0.2, 0.25) is 5.95 Å². The number of ether oxygens (including phenoxy) is 1. The molecule has 1 saturated heterocycles. The summed E-state index contributed by atoms with van der Waals surface area (Å²) in [6.45, 7) is 4.86. The van der Waals surface area contributed by atoms with E-state index in [9.17, 15) is 4.79 Å². The van der Waals surface area contributed by atoms with Crippen molar-refractivity contribution in [3.63, 3.8) is 0 Å². The Morgan fingerprint density at radius 1 is 1.06 bits per heavy atom. The summed E-state index contributed by atoms with van der Waals surface area (Å²) in [7, 11) is 0. The molecule has 5 rings (SSSR count). The maximum Gasteiger partial charge on any atom is 0.250 e. The molecule has 8 nitrogen and oxygen atoms in total. The first-order valence-electron chi connectivity index (χ1n) is 11.6. The monoisotopic (exact) mass is 456 g/mol. The highest BCUT2D eigenvalue weighted by molar-refractivity contribution is 6.06. The second kappa shape index (κ2) is 10.0. The first-order chi connectivity index (χ1) is 16.7. The molecule has 2 aromatic heterocycles. The quantitative estimate of drug-likeness (QED) is 0.421. The third kappa shape index (κ3) is 4.93. The fourth-order valence-corrected chi connectivity index (χ4v) is 4.32. The predicted octanol–water partition coefficient (Wildman–Crippen LogP) is 3.53. The van der Waals surface area contributed by atoms with Crippen molar-refractivity contribution in [1.82, 2.24) is 19.4 Å². The van der Waals surface area contributed by atoms with Gasteiger partial charge in [-0.2, -0.15) is 4.98 Å². The number of hydrogen-bond donors (Lipinski definition) is 2. The average Bonchev–Trinajstić information content (AvgIpc) is 3.26. The number of fused-ring (bicyclic) bond motifs is 1. The Labute approximate surface area is 198 Å². The Balaban J connectivity index is 1.26. The normalized spacial score (nSPS) is 14.4. The van der Waals surface area contributed by atoms with Crippen molar-refractivity contribution in [3.05, 3.63) is 78.1 Å². The van der Waals surface area contributed by atoms with Crippen LogP contribution in [0.4, 0.5) is 11.6 Å². The minimum absolute atomic E-state index is 0.465. The molecule has 0 radical (unpaired) electrons. The number of carbonyl (C=O) groups is 1. The zero-order valence-electron chi connectivity index (χ0n) is 19.0. The molecular formula is C26H28N6O2. The van der Waals surface area contributed by atoms with Gasteiger partial charge in [0, 0.05) is 36.6 Å². The topological polar surface area (TPSA) is 98.3 Å². The van der Waals surface area contributed by atoms with Gasteiger partial charge in [-0.25, -0.2) is 4.98 Å². The van der Waals surface area contributed by atoms with Crippen LogP contribution in [0.15, 0.2) is 67.0 Å². The van der Waals surface area contributed by atoms with Gasteiger partial charge >= 0.3 is 0 Å². The van der Waals surface area contributed by atoms with E-state index in [0.29, 0.717) is 17.3 Å². The van der Waals surface area contributed by atoms with Crippen LogP contribution in [0.1, 0.15) is 22.3 Å². The molecule has 0 unspecified atom stereocenters. The van der Waals surface area contributed by atoms with Crippen molar-refractivity contribution in [2.75, 3.05) is 38.2 Å². The molecule has 0 aliphatic carbocycles. The number of amides is 1. The molecule has 3 N–H and O–H groups in total. The molecule has 1 aliphatic heterocycles. The first-order valence-corrected chi connectivity index (χ1v) is 11.6. The molecule has 2 aromatic carbocycles. The maximum atomic E-state index is 11.9. The average molecular weight is 457 g/mol. The largest absolute Gasteiger partial charge is 0.379 e. The molecule has 0 bridgehead atoms. The SMILES string of the molecule is NC(=O)c1cn(-c2ccnc(Nc3ccc(CCCN4CCOCC4)cc3)n2)c2ccccc12. The lowest BCUT2D eigenvalue weighted by Gasteiger charge is -2.26. The van der Waals surface area contributed by atoms with Crippen molar-refractivity contribution in [2.45, 2.75) is 12.8 Å². The summed E-state index contributed by atoms with van der Waals surface area (Å²) in [5, 5.41) is 4.08. The lowest BCUT2D eigenvalue weighted by Crippen LogP contribution is -2.36. The lowest BCUT2D eigenvalue weighted by molar-refractivity contribution is 0.0374. The molecule has 0 spiro atoms. The fraction of sp³-hybridized carbons (Fsp3) is 0.269. The maximum absolute atomic E-state index is 11.9. The van der Waals surface area contributed by atoms with Gasteiger partial charge in [-0.05, 0) is 49.2 Å². The second-order valence-corrected chi connectivity index (χ2v) is 8.41. The molecule has 8 heteroatoms. The number of hydrogen-bond acceptors (Lipinski definition) is 6. The zero-order valence-corrected chi connectivity index (χ0v) is 19.0. The number of aromatic nitrogens is 3. The molecule has 1 fully saturated rings. The van der Waals surface area contributed by atoms with Crippen LogP contribution in [0.5, 0.6) is 0 Å². The number of primary amides is 1.